The highest BCUT2D eigenvalue weighted by Gasteiger charge is 2.28. The summed E-state index contributed by atoms with van der Waals surface area (Å²) in [7, 11) is 0. The molecule has 2 fully saturated rings. The molecule has 3 heterocycles. The minimum absolute atomic E-state index is 0. The Kier molecular flexibility index (Phi) is 7.90. The van der Waals surface area contributed by atoms with Crippen molar-refractivity contribution in [1.82, 2.24) is 15.2 Å². The van der Waals surface area contributed by atoms with Crippen molar-refractivity contribution in [2.24, 2.45) is 0 Å². The van der Waals surface area contributed by atoms with Crippen molar-refractivity contribution < 1.29 is 9.53 Å². The Morgan fingerprint density at radius 1 is 1.52 bits per heavy atom. The van der Waals surface area contributed by atoms with Gasteiger partial charge in [-0.2, -0.15) is 0 Å². The third-order valence-electron chi connectivity index (χ3n) is 3.73. The lowest BCUT2D eigenvalue weighted by molar-refractivity contribution is -0.139. The molecule has 0 aliphatic carbocycles. The second-order valence-corrected chi connectivity index (χ2v) is 5.99. The Morgan fingerprint density at radius 3 is 3.05 bits per heavy atom. The monoisotopic (exact) mass is 353 g/mol. The molecule has 5 nitrogen and oxygen atoms in total. The molecule has 21 heavy (non-hydrogen) atoms. The number of nitrogens with one attached hydrogen (secondary N) is 1. The molecule has 8 heteroatoms. The van der Waals surface area contributed by atoms with Gasteiger partial charge in [-0.15, -0.1) is 36.2 Å². The first-order chi connectivity index (χ1) is 9.33. The number of thiazole rings is 1. The molecule has 1 N–H and O–H groups in total. The van der Waals surface area contributed by atoms with Gasteiger partial charge in [-0.25, -0.2) is 4.98 Å². The first-order valence-electron chi connectivity index (χ1n) is 6.85. The van der Waals surface area contributed by atoms with Crippen molar-refractivity contribution >= 4 is 42.1 Å². The van der Waals surface area contributed by atoms with Crippen molar-refractivity contribution in [2.75, 3.05) is 26.2 Å². The number of aromatic nitrogens is 1. The lowest BCUT2D eigenvalue weighted by Gasteiger charge is -2.32. The fourth-order valence-electron chi connectivity index (χ4n) is 2.69. The molecule has 0 spiro atoms. The van der Waals surface area contributed by atoms with Gasteiger partial charge in [0.1, 0.15) is 11.1 Å². The number of ether oxygens (including phenoxy) is 1. The van der Waals surface area contributed by atoms with Gasteiger partial charge in [-0.3, -0.25) is 4.79 Å². The zero-order valence-electron chi connectivity index (χ0n) is 11.7. The number of amides is 1. The van der Waals surface area contributed by atoms with Crippen LogP contribution in [-0.2, 0) is 9.53 Å². The summed E-state index contributed by atoms with van der Waals surface area (Å²) in [4.78, 5) is 18.5. The van der Waals surface area contributed by atoms with Crippen LogP contribution < -0.4 is 5.32 Å². The Balaban J connectivity index is 0.00000110. The predicted molar refractivity (Wildman–Crippen MR) is 87.5 cm³/mol. The van der Waals surface area contributed by atoms with Crippen LogP contribution in [0, 0.1) is 0 Å². The van der Waals surface area contributed by atoms with Gasteiger partial charge in [0.2, 0.25) is 5.91 Å². The quantitative estimate of drug-likeness (QED) is 0.903. The number of morpholine rings is 1. The van der Waals surface area contributed by atoms with Gasteiger partial charge in [0.05, 0.1) is 13.2 Å². The van der Waals surface area contributed by atoms with Crippen LogP contribution in [0.5, 0.6) is 0 Å². The average Bonchev–Trinajstić information content (AvgIpc) is 3.12. The van der Waals surface area contributed by atoms with E-state index in [9.17, 15) is 4.79 Å². The molecule has 1 amide bonds. The fraction of sp³-hybridized carbons (Fsp3) is 0.692. The van der Waals surface area contributed by atoms with Crippen molar-refractivity contribution in [3.05, 3.63) is 16.6 Å². The number of rotatable bonds is 3. The molecule has 2 unspecified atom stereocenters. The van der Waals surface area contributed by atoms with Crippen LogP contribution in [0.25, 0.3) is 0 Å². The highest BCUT2D eigenvalue weighted by Crippen LogP contribution is 2.24. The molecule has 3 rings (SSSR count). The summed E-state index contributed by atoms with van der Waals surface area (Å²) in [5.41, 5.74) is 0. The molecular weight excluding hydrogens is 333 g/mol. The summed E-state index contributed by atoms with van der Waals surface area (Å²) >= 11 is 1.59. The van der Waals surface area contributed by atoms with Crippen molar-refractivity contribution in [1.29, 1.82) is 0 Å². The molecule has 2 aliphatic heterocycles. The van der Waals surface area contributed by atoms with E-state index in [-0.39, 0.29) is 36.8 Å². The van der Waals surface area contributed by atoms with E-state index >= 15 is 0 Å². The van der Waals surface area contributed by atoms with Gasteiger partial charge < -0.3 is 15.0 Å². The van der Waals surface area contributed by atoms with Crippen LogP contribution in [0.4, 0.5) is 0 Å². The molecule has 1 aromatic heterocycles. The third-order valence-corrected chi connectivity index (χ3v) is 4.60. The Labute approximate surface area is 141 Å². The summed E-state index contributed by atoms with van der Waals surface area (Å²) in [6.07, 6.45) is 4.65. The molecule has 0 aromatic carbocycles. The van der Waals surface area contributed by atoms with Crippen LogP contribution in [0.3, 0.4) is 0 Å². The van der Waals surface area contributed by atoms with E-state index in [0.29, 0.717) is 32.2 Å². The zero-order chi connectivity index (χ0) is 13.1. The molecule has 2 saturated heterocycles. The third kappa shape index (κ3) is 4.79. The number of halogens is 2. The zero-order valence-corrected chi connectivity index (χ0v) is 14.1. The van der Waals surface area contributed by atoms with Gasteiger partial charge in [-0.05, 0) is 19.4 Å². The van der Waals surface area contributed by atoms with Gasteiger partial charge in [0.25, 0.3) is 0 Å². The average molecular weight is 354 g/mol. The molecule has 2 aliphatic rings. The first kappa shape index (κ1) is 18.6. The lowest BCUT2D eigenvalue weighted by Crippen LogP contribution is -2.44. The Bertz CT molecular complexity index is 427. The van der Waals surface area contributed by atoms with Crippen molar-refractivity contribution in [2.45, 2.75) is 31.4 Å². The van der Waals surface area contributed by atoms with Gasteiger partial charge >= 0.3 is 0 Å². The van der Waals surface area contributed by atoms with Crippen LogP contribution in [-0.4, -0.2) is 48.1 Å². The van der Waals surface area contributed by atoms with E-state index in [1.807, 2.05) is 10.3 Å². The molecule has 0 bridgehead atoms. The normalized spacial score (nSPS) is 25.0. The van der Waals surface area contributed by atoms with Crippen molar-refractivity contribution in [3.8, 4) is 0 Å². The number of carbonyl (C=O) groups excluding carboxylic acids is 1. The summed E-state index contributed by atoms with van der Waals surface area (Å²) in [5, 5.41) is 6.29. The number of hydrogen-bond acceptors (Lipinski definition) is 5. The van der Waals surface area contributed by atoms with Crippen molar-refractivity contribution in [3.63, 3.8) is 0 Å². The van der Waals surface area contributed by atoms with Crippen LogP contribution >= 0.6 is 36.2 Å². The Morgan fingerprint density at radius 2 is 2.38 bits per heavy atom. The van der Waals surface area contributed by atoms with E-state index in [2.05, 4.69) is 10.3 Å². The Hall–Kier alpha value is -0.400. The lowest BCUT2D eigenvalue weighted by atomic mass is 10.1. The molecule has 120 valence electrons. The topological polar surface area (TPSA) is 54.5 Å². The smallest absolute Gasteiger partial charge is 0.224 e. The van der Waals surface area contributed by atoms with Gasteiger partial charge in [0, 0.05) is 30.6 Å². The maximum absolute atomic E-state index is 12.3. The second-order valence-electron chi connectivity index (χ2n) is 5.07. The van der Waals surface area contributed by atoms with E-state index in [1.54, 1.807) is 17.5 Å². The van der Waals surface area contributed by atoms with E-state index in [0.717, 1.165) is 18.0 Å². The summed E-state index contributed by atoms with van der Waals surface area (Å²) < 4.78 is 5.71. The molecule has 1 aromatic rings. The SMILES string of the molecule is Cl.Cl.O=C(CC1CCCN1)N1CCOC(c2nccs2)C1. The standard InChI is InChI=1S/C13H19N3O2S.2ClH/c17-12(8-10-2-1-3-14-10)16-5-6-18-11(9-16)13-15-4-7-19-13;;/h4,7,10-11,14H,1-3,5-6,8-9H2;2*1H. The second kappa shape index (κ2) is 8.90. The summed E-state index contributed by atoms with van der Waals surface area (Å²) in [6, 6.07) is 0.369. The van der Waals surface area contributed by atoms with E-state index in [4.69, 9.17) is 4.74 Å². The minimum atomic E-state index is -0.0470. The molecule has 2 atom stereocenters. The summed E-state index contributed by atoms with van der Waals surface area (Å²) in [5.74, 6) is 0.240. The predicted octanol–water partition coefficient (Wildman–Crippen LogP) is 2.03. The molecule has 0 saturated carbocycles. The number of nitrogens with zero attached hydrogens (tertiary/aromatic N) is 2. The highest BCUT2D eigenvalue weighted by molar-refractivity contribution is 7.09. The van der Waals surface area contributed by atoms with E-state index < -0.39 is 0 Å². The maximum atomic E-state index is 12.3. The number of hydrogen-bond donors (Lipinski definition) is 1. The molecular formula is C13H21Cl2N3O2S. The summed E-state index contributed by atoms with van der Waals surface area (Å²) in [6.45, 7) is 2.99. The largest absolute Gasteiger partial charge is 0.367 e. The number of carbonyl (C=O) groups is 1. The highest BCUT2D eigenvalue weighted by atomic mass is 35.5. The maximum Gasteiger partial charge on any atom is 0.224 e. The minimum Gasteiger partial charge on any atom is -0.367 e. The van der Waals surface area contributed by atoms with E-state index in [1.165, 1.54) is 6.42 Å². The molecule has 0 radical (unpaired) electrons. The first-order valence-corrected chi connectivity index (χ1v) is 7.73. The van der Waals surface area contributed by atoms with Gasteiger partial charge in [0.15, 0.2) is 0 Å². The fourth-order valence-corrected chi connectivity index (χ4v) is 3.37. The van der Waals surface area contributed by atoms with Gasteiger partial charge in [-0.1, -0.05) is 0 Å². The van der Waals surface area contributed by atoms with Crippen LogP contribution in [0.1, 0.15) is 30.4 Å². The van der Waals surface area contributed by atoms with Crippen LogP contribution in [0.2, 0.25) is 0 Å². The van der Waals surface area contributed by atoms with Crippen LogP contribution in [0.15, 0.2) is 11.6 Å².